The van der Waals surface area contributed by atoms with E-state index >= 15 is 0 Å². The fourth-order valence-electron chi connectivity index (χ4n) is 9.27. The molecule has 8 aromatic carbocycles. The molecule has 9 rings (SSSR count). The van der Waals surface area contributed by atoms with E-state index in [-0.39, 0.29) is 65.9 Å². The van der Waals surface area contributed by atoms with Gasteiger partial charge in [0.05, 0.1) is 0 Å². The highest BCUT2D eigenvalue weighted by atomic mass is 16.3. The number of hydrogen-bond donors (Lipinski definition) is 7. The quantitative estimate of drug-likeness (QED) is 0.0806. The Hall–Kier alpha value is -7.64. The third kappa shape index (κ3) is 8.32. The van der Waals surface area contributed by atoms with E-state index in [1.807, 2.05) is 133 Å². The van der Waals surface area contributed by atoms with Crippen LogP contribution in [0, 0.1) is 6.92 Å². The van der Waals surface area contributed by atoms with Gasteiger partial charge in [0.2, 0.25) is 0 Å². The van der Waals surface area contributed by atoms with Crippen LogP contribution in [-0.2, 0) is 51.4 Å². The molecule has 64 heavy (non-hydrogen) atoms. The van der Waals surface area contributed by atoms with Crippen LogP contribution in [0.5, 0.6) is 40.2 Å². The Kier molecular flexibility index (Phi) is 11.5. The average molecular weight is 847 g/mol. The monoisotopic (exact) mass is 846 g/mol. The second kappa shape index (κ2) is 17.6. The third-order valence-electron chi connectivity index (χ3n) is 13.0. The van der Waals surface area contributed by atoms with Gasteiger partial charge in [0, 0.05) is 51.4 Å². The summed E-state index contributed by atoms with van der Waals surface area (Å²) < 4.78 is 0. The van der Waals surface area contributed by atoms with Gasteiger partial charge in [-0.25, -0.2) is 0 Å². The van der Waals surface area contributed by atoms with Gasteiger partial charge in [-0.15, -0.1) is 0 Å². The predicted octanol–water partition coefficient (Wildman–Crippen LogP) is 11.0. The Morgan fingerprint density at radius 1 is 0.203 bits per heavy atom. The summed E-state index contributed by atoms with van der Waals surface area (Å²) in [5.74, 6) is 0.766. The maximum atomic E-state index is 11.7. The molecule has 320 valence electrons. The van der Waals surface area contributed by atoms with Gasteiger partial charge in [0.1, 0.15) is 40.2 Å². The number of phenols is 7. The second-order valence-corrected chi connectivity index (χ2v) is 17.1. The van der Waals surface area contributed by atoms with Gasteiger partial charge >= 0.3 is 0 Å². The first-order chi connectivity index (χ1) is 31.0. The molecule has 1 aliphatic carbocycles. The van der Waals surface area contributed by atoms with E-state index < -0.39 is 0 Å². The molecule has 0 atom stereocenters. The standard InChI is InChI=1S/C57H50O7/c1-34-35-10-2-11-36(34)27-38-13-4-15-40(52(38)59)29-42-17-6-19-44(54(42)61)31-46-21-8-23-48(56(46)63)33-50-25-9-24-49(57(50)64)32-47-22-7-20-45(55(47)62)30-43-18-5-16-41(53(43)60)28-39-14-3-12-37(26-35)51(39)58/h2-25,58-64H,26-33H2,1H3. The van der Waals surface area contributed by atoms with Crippen LogP contribution in [-0.4, -0.2) is 35.7 Å². The molecule has 0 fully saturated rings. The molecular formula is C57H50O7. The molecule has 0 heterocycles. The van der Waals surface area contributed by atoms with Gasteiger partial charge < -0.3 is 35.7 Å². The molecule has 7 nitrogen and oxygen atoms in total. The largest absolute Gasteiger partial charge is 0.507 e. The van der Waals surface area contributed by atoms with Gasteiger partial charge in [-0.3, -0.25) is 0 Å². The van der Waals surface area contributed by atoms with Gasteiger partial charge in [-0.05, 0) is 102 Å². The lowest BCUT2D eigenvalue weighted by Gasteiger charge is -2.17. The molecule has 7 heteroatoms. The highest BCUT2D eigenvalue weighted by Gasteiger charge is 2.20. The zero-order valence-corrected chi connectivity index (χ0v) is 35.6. The van der Waals surface area contributed by atoms with E-state index in [9.17, 15) is 35.7 Å². The van der Waals surface area contributed by atoms with Crippen molar-refractivity contribution in [2.75, 3.05) is 0 Å². The summed E-state index contributed by atoms with van der Waals surface area (Å²) >= 11 is 0. The number of phenolic OH excluding ortho intramolecular Hbond substituents is 7. The molecular weight excluding hydrogens is 797 g/mol. The summed E-state index contributed by atoms with van der Waals surface area (Å²) in [5, 5.41) is 81.3. The maximum absolute atomic E-state index is 11.7. The Balaban J connectivity index is 1.11. The molecule has 0 amide bonds. The minimum absolute atomic E-state index is 0.0710. The van der Waals surface area contributed by atoms with Crippen LogP contribution < -0.4 is 0 Å². The minimum Gasteiger partial charge on any atom is -0.507 e. The minimum atomic E-state index is 0.0710. The Bertz CT molecular complexity index is 2280. The highest BCUT2D eigenvalue weighted by Crippen LogP contribution is 2.39. The molecule has 0 spiro atoms. The zero-order chi connectivity index (χ0) is 44.5. The molecule has 16 bridgehead atoms. The molecule has 0 aromatic heterocycles. The maximum Gasteiger partial charge on any atom is 0.122 e. The lowest BCUT2D eigenvalue weighted by Crippen LogP contribution is -2.01. The Morgan fingerprint density at radius 3 is 0.453 bits per heavy atom. The van der Waals surface area contributed by atoms with Crippen molar-refractivity contribution in [3.05, 3.63) is 240 Å². The SMILES string of the molecule is Cc1c2cccc1Cc1cccc(c1O)Cc1cccc(c1O)Cc1cccc(c1O)Cc1cccc(c1O)Cc1cccc(c1O)Cc1cccc(c1O)Cc1cccc(c1O)C2. The lowest BCUT2D eigenvalue weighted by molar-refractivity contribution is 0.452. The van der Waals surface area contributed by atoms with Gasteiger partial charge in [0.25, 0.3) is 0 Å². The first kappa shape index (κ1) is 41.7. The van der Waals surface area contributed by atoms with Crippen molar-refractivity contribution in [3.8, 4) is 40.2 Å². The lowest BCUT2D eigenvalue weighted by atomic mass is 9.90. The topological polar surface area (TPSA) is 142 Å². The summed E-state index contributed by atoms with van der Waals surface area (Å²) in [6.07, 6.45) is 2.54. The molecule has 7 N–H and O–H groups in total. The van der Waals surface area contributed by atoms with Crippen molar-refractivity contribution in [2.24, 2.45) is 0 Å². The summed E-state index contributed by atoms with van der Waals surface area (Å²) in [6, 6.07) is 45.1. The number of benzene rings is 8. The first-order valence-electron chi connectivity index (χ1n) is 21.7. The van der Waals surface area contributed by atoms with Crippen molar-refractivity contribution in [2.45, 2.75) is 58.3 Å². The summed E-state index contributed by atoms with van der Waals surface area (Å²) in [7, 11) is 0. The van der Waals surface area contributed by atoms with Crippen molar-refractivity contribution in [1.82, 2.24) is 0 Å². The van der Waals surface area contributed by atoms with Crippen LogP contribution in [0.25, 0.3) is 0 Å². The second-order valence-electron chi connectivity index (χ2n) is 17.1. The fourth-order valence-corrected chi connectivity index (χ4v) is 9.27. The summed E-state index contributed by atoms with van der Waals surface area (Å²) in [6.45, 7) is 2.06. The molecule has 0 radical (unpaired) electrons. The van der Waals surface area contributed by atoms with E-state index in [0.717, 1.165) is 27.8 Å². The Labute approximate surface area is 373 Å². The van der Waals surface area contributed by atoms with E-state index in [2.05, 4.69) is 19.1 Å². The van der Waals surface area contributed by atoms with Crippen molar-refractivity contribution < 1.29 is 35.7 Å². The summed E-state index contributed by atoms with van der Waals surface area (Å²) in [5.41, 5.74) is 12.3. The number of aromatic hydroxyl groups is 7. The summed E-state index contributed by atoms with van der Waals surface area (Å²) in [4.78, 5) is 0. The predicted molar refractivity (Wildman–Crippen MR) is 250 cm³/mol. The number of hydrogen-bond acceptors (Lipinski definition) is 7. The Morgan fingerprint density at radius 2 is 0.312 bits per heavy atom. The van der Waals surface area contributed by atoms with Gasteiger partial charge in [-0.1, -0.05) is 146 Å². The number of fused-ring (bicyclic) bond motifs is 16. The van der Waals surface area contributed by atoms with E-state index in [4.69, 9.17) is 0 Å². The zero-order valence-electron chi connectivity index (χ0n) is 35.6. The molecule has 0 saturated heterocycles. The smallest absolute Gasteiger partial charge is 0.122 e. The van der Waals surface area contributed by atoms with Crippen molar-refractivity contribution in [1.29, 1.82) is 0 Å². The molecule has 0 unspecified atom stereocenters. The van der Waals surface area contributed by atoms with Gasteiger partial charge in [0.15, 0.2) is 0 Å². The number of rotatable bonds is 0. The molecule has 1 aliphatic rings. The molecule has 0 saturated carbocycles. The fraction of sp³-hybridized carbons (Fsp3) is 0.158. The van der Waals surface area contributed by atoms with Crippen LogP contribution in [0.1, 0.15) is 94.6 Å². The first-order valence-corrected chi connectivity index (χ1v) is 21.7. The normalized spacial score (nSPS) is 13.0. The van der Waals surface area contributed by atoms with E-state index in [1.54, 1.807) is 0 Å². The molecule has 8 aromatic rings. The molecule has 0 aliphatic heterocycles. The van der Waals surface area contributed by atoms with Crippen LogP contribution in [0.15, 0.2) is 146 Å². The van der Waals surface area contributed by atoms with Crippen LogP contribution in [0.3, 0.4) is 0 Å². The number of para-hydroxylation sites is 7. The van der Waals surface area contributed by atoms with Crippen molar-refractivity contribution in [3.63, 3.8) is 0 Å². The average Bonchev–Trinajstić information content (AvgIpc) is 3.28. The highest BCUT2D eigenvalue weighted by molar-refractivity contribution is 5.56. The van der Waals surface area contributed by atoms with Crippen molar-refractivity contribution >= 4 is 0 Å². The van der Waals surface area contributed by atoms with Gasteiger partial charge in [-0.2, -0.15) is 0 Å². The van der Waals surface area contributed by atoms with E-state index in [1.165, 1.54) is 0 Å². The van der Waals surface area contributed by atoms with E-state index in [0.29, 0.717) is 92.4 Å². The van der Waals surface area contributed by atoms with Crippen LogP contribution in [0.4, 0.5) is 0 Å². The van der Waals surface area contributed by atoms with Crippen LogP contribution >= 0.6 is 0 Å². The third-order valence-corrected chi connectivity index (χ3v) is 13.0. The van der Waals surface area contributed by atoms with Crippen LogP contribution in [0.2, 0.25) is 0 Å².